The first-order chi connectivity index (χ1) is 8.67. The third-order valence-electron chi connectivity index (χ3n) is 2.42. The minimum atomic E-state index is -0.292. The Labute approximate surface area is 114 Å². The SMILES string of the molecule is Cc1cccc(COc2cc(F)cc(CBr)c2)n1. The van der Waals surface area contributed by atoms with E-state index in [4.69, 9.17) is 4.74 Å². The smallest absolute Gasteiger partial charge is 0.130 e. The quantitative estimate of drug-likeness (QED) is 0.796. The predicted octanol–water partition coefficient (Wildman–Crippen LogP) is 4.00. The van der Waals surface area contributed by atoms with Gasteiger partial charge in [0, 0.05) is 17.1 Å². The summed E-state index contributed by atoms with van der Waals surface area (Å²) in [4.78, 5) is 4.33. The van der Waals surface area contributed by atoms with Gasteiger partial charge in [-0.05, 0) is 36.8 Å². The summed E-state index contributed by atoms with van der Waals surface area (Å²) >= 11 is 3.30. The number of rotatable bonds is 4. The van der Waals surface area contributed by atoms with Gasteiger partial charge in [0.05, 0.1) is 5.69 Å². The lowest BCUT2D eigenvalue weighted by atomic mass is 10.2. The highest BCUT2D eigenvalue weighted by Gasteiger charge is 2.02. The molecule has 2 nitrogen and oxygen atoms in total. The number of pyridine rings is 1. The van der Waals surface area contributed by atoms with Crippen LogP contribution in [-0.4, -0.2) is 4.98 Å². The van der Waals surface area contributed by atoms with Crippen molar-refractivity contribution in [3.63, 3.8) is 0 Å². The number of benzene rings is 1. The normalized spacial score (nSPS) is 10.4. The second kappa shape index (κ2) is 5.96. The zero-order valence-corrected chi connectivity index (χ0v) is 11.6. The molecule has 1 heterocycles. The maximum atomic E-state index is 13.3. The Morgan fingerprint density at radius 3 is 2.83 bits per heavy atom. The Balaban J connectivity index is 2.08. The number of halogens is 2. The van der Waals surface area contributed by atoms with Crippen molar-refractivity contribution < 1.29 is 9.13 Å². The molecule has 0 saturated heterocycles. The molecule has 0 atom stereocenters. The van der Waals surface area contributed by atoms with Gasteiger partial charge >= 0.3 is 0 Å². The van der Waals surface area contributed by atoms with Gasteiger partial charge in [0.25, 0.3) is 0 Å². The monoisotopic (exact) mass is 309 g/mol. The maximum Gasteiger partial charge on any atom is 0.130 e. The summed E-state index contributed by atoms with van der Waals surface area (Å²) in [5.41, 5.74) is 2.62. The molecule has 0 fully saturated rings. The number of ether oxygens (including phenoxy) is 1. The molecule has 94 valence electrons. The summed E-state index contributed by atoms with van der Waals surface area (Å²) in [6.07, 6.45) is 0. The first-order valence-corrected chi connectivity index (χ1v) is 6.70. The van der Waals surface area contributed by atoms with Gasteiger partial charge in [-0.2, -0.15) is 0 Å². The van der Waals surface area contributed by atoms with E-state index in [2.05, 4.69) is 20.9 Å². The number of nitrogens with zero attached hydrogens (tertiary/aromatic N) is 1. The fraction of sp³-hybridized carbons (Fsp3) is 0.214. The second-order valence-corrected chi connectivity index (χ2v) is 4.55. The first kappa shape index (κ1) is 13.0. The molecule has 0 N–H and O–H groups in total. The lowest BCUT2D eigenvalue weighted by Gasteiger charge is -2.07. The van der Waals surface area contributed by atoms with Crippen molar-refractivity contribution in [1.82, 2.24) is 4.98 Å². The van der Waals surface area contributed by atoms with Crippen molar-refractivity contribution in [2.75, 3.05) is 0 Å². The van der Waals surface area contributed by atoms with Gasteiger partial charge in [0.1, 0.15) is 18.2 Å². The van der Waals surface area contributed by atoms with Gasteiger partial charge in [-0.15, -0.1) is 0 Å². The molecule has 0 aliphatic rings. The van der Waals surface area contributed by atoms with Gasteiger partial charge < -0.3 is 4.74 Å². The molecular formula is C14H13BrFNO. The molecule has 0 spiro atoms. The number of alkyl halides is 1. The van der Waals surface area contributed by atoms with Crippen LogP contribution in [0.15, 0.2) is 36.4 Å². The van der Waals surface area contributed by atoms with Crippen LogP contribution in [0, 0.1) is 12.7 Å². The number of aromatic nitrogens is 1. The molecule has 0 aliphatic heterocycles. The Bertz CT molecular complexity index is 545. The van der Waals surface area contributed by atoms with Crippen LogP contribution >= 0.6 is 15.9 Å². The van der Waals surface area contributed by atoms with Crippen molar-refractivity contribution in [3.8, 4) is 5.75 Å². The number of hydrogen-bond donors (Lipinski definition) is 0. The van der Waals surface area contributed by atoms with Gasteiger partial charge in [0.15, 0.2) is 0 Å². The van der Waals surface area contributed by atoms with E-state index < -0.39 is 0 Å². The van der Waals surface area contributed by atoms with E-state index >= 15 is 0 Å². The molecule has 2 aromatic rings. The molecular weight excluding hydrogens is 297 g/mol. The zero-order valence-electron chi connectivity index (χ0n) is 9.99. The standard InChI is InChI=1S/C14H13BrFNO/c1-10-3-2-4-13(17-10)9-18-14-6-11(8-15)5-12(16)7-14/h2-7H,8-9H2,1H3. The largest absolute Gasteiger partial charge is 0.487 e. The average Bonchev–Trinajstić information content (AvgIpc) is 2.36. The second-order valence-electron chi connectivity index (χ2n) is 3.99. The van der Waals surface area contributed by atoms with Crippen molar-refractivity contribution in [3.05, 3.63) is 59.2 Å². The van der Waals surface area contributed by atoms with E-state index in [-0.39, 0.29) is 5.82 Å². The Hall–Kier alpha value is -1.42. The summed E-state index contributed by atoms with van der Waals surface area (Å²) in [7, 11) is 0. The average molecular weight is 310 g/mol. The third kappa shape index (κ3) is 3.53. The van der Waals surface area contributed by atoms with Crippen LogP contribution in [0.25, 0.3) is 0 Å². The van der Waals surface area contributed by atoms with Gasteiger partial charge in [-0.1, -0.05) is 22.0 Å². The number of hydrogen-bond acceptors (Lipinski definition) is 2. The minimum absolute atomic E-state index is 0.292. The Morgan fingerprint density at radius 2 is 2.11 bits per heavy atom. The summed E-state index contributed by atoms with van der Waals surface area (Å²) in [6.45, 7) is 2.27. The van der Waals surface area contributed by atoms with E-state index in [0.29, 0.717) is 17.7 Å². The van der Waals surface area contributed by atoms with Crippen LogP contribution in [0.1, 0.15) is 17.0 Å². The van der Waals surface area contributed by atoms with Crippen LogP contribution in [0.3, 0.4) is 0 Å². The zero-order chi connectivity index (χ0) is 13.0. The van der Waals surface area contributed by atoms with Crippen LogP contribution in [0.2, 0.25) is 0 Å². The molecule has 0 amide bonds. The first-order valence-electron chi connectivity index (χ1n) is 5.58. The molecule has 0 aliphatic carbocycles. The molecule has 0 bridgehead atoms. The molecule has 18 heavy (non-hydrogen) atoms. The van der Waals surface area contributed by atoms with Gasteiger partial charge in [-0.3, -0.25) is 4.98 Å². The minimum Gasteiger partial charge on any atom is -0.487 e. The van der Waals surface area contributed by atoms with Crippen molar-refractivity contribution in [1.29, 1.82) is 0 Å². The van der Waals surface area contributed by atoms with E-state index in [1.54, 1.807) is 0 Å². The Kier molecular flexibility index (Phi) is 4.31. The summed E-state index contributed by atoms with van der Waals surface area (Å²) < 4.78 is 18.8. The van der Waals surface area contributed by atoms with E-state index in [9.17, 15) is 4.39 Å². The highest BCUT2D eigenvalue weighted by molar-refractivity contribution is 9.08. The van der Waals surface area contributed by atoms with Gasteiger partial charge in [0.2, 0.25) is 0 Å². The molecule has 0 unspecified atom stereocenters. The molecule has 0 saturated carbocycles. The molecule has 2 rings (SSSR count). The van der Waals surface area contributed by atoms with Crippen molar-refractivity contribution >= 4 is 15.9 Å². The lowest BCUT2D eigenvalue weighted by molar-refractivity contribution is 0.299. The fourth-order valence-corrected chi connectivity index (χ4v) is 1.94. The van der Waals surface area contributed by atoms with Crippen molar-refractivity contribution in [2.24, 2.45) is 0 Å². The fourth-order valence-electron chi connectivity index (χ4n) is 1.62. The molecule has 1 aromatic carbocycles. The maximum absolute atomic E-state index is 13.3. The van der Waals surface area contributed by atoms with Crippen LogP contribution in [-0.2, 0) is 11.9 Å². The summed E-state index contributed by atoms with van der Waals surface area (Å²) in [5.74, 6) is 0.229. The van der Waals surface area contributed by atoms with Gasteiger partial charge in [-0.25, -0.2) is 4.39 Å². The van der Waals surface area contributed by atoms with Crippen LogP contribution in [0.4, 0.5) is 4.39 Å². The Morgan fingerprint density at radius 1 is 1.28 bits per heavy atom. The highest BCUT2D eigenvalue weighted by Crippen LogP contribution is 2.19. The lowest BCUT2D eigenvalue weighted by Crippen LogP contribution is -1.99. The van der Waals surface area contributed by atoms with Crippen LogP contribution in [0.5, 0.6) is 5.75 Å². The highest BCUT2D eigenvalue weighted by atomic mass is 79.9. The summed E-state index contributed by atoms with van der Waals surface area (Å²) in [5, 5.41) is 0.601. The third-order valence-corrected chi connectivity index (χ3v) is 3.07. The molecule has 0 radical (unpaired) electrons. The number of aryl methyl sites for hydroxylation is 1. The van der Waals surface area contributed by atoms with Crippen molar-refractivity contribution in [2.45, 2.75) is 18.9 Å². The van der Waals surface area contributed by atoms with Crippen LogP contribution < -0.4 is 4.74 Å². The summed E-state index contributed by atoms with van der Waals surface area (Å²) in [6, 6.07) is 10.4. The van der Waals surface area contributed by atoms with E-state index in [1.807, 2.05) is 31.2 Å². The molecule has 1 aromatic heterocycles. The predicted molar refractivity (Wildman–Crippen MR) is 72.3 cm³/mol. The van der Waals surface area contributed by atoms with E-state index in [0.717, 1.165) is 17.0 Å². The van der Waals surface area contributed by atoms with E-state index in [1.165, 1.54) is 12.1 Å². The topological polar surface area (TPSA) is 22.1 Å². The molecule has 4 heteroatoms.